The first-order valence-corrected chi connectivity index (χ1v) is 9.93. The molecule has 0 bridgehead atoms. The van der Waals surface area contributed by atoms with Gasteiger partial charge in [-0.05, 0) is 57.0 Å². The first-order chi connectivity index (χ1) is 13.2. The summed E-state index contributed by atoms with van der Waals surface area (Å²) >= 11 is 3.48. The second kappa shape index (κ2) is 7.93. The molecule has 3 rings (SSSR count). The normalized spacial score (nSPS) is 11.4. The molecule has 3 aromatic rings. The van der Waals surface area contributed by atoms with E-state index >= 15 is 0 Å². The molecule has 0 aliphatic rings. The molecule has 6 nitrogen and oxygen atoms in total. The SMILES string of the molecule is Cc1cc(CO)[nH]c(=O)c1CN(C(=O)c1cc(Br)cc2[nH]cc(C)c12)C(C)C. The third-order valence-corrected chi connectivity index (χ3v) is 5.43. The van der Waals surface area contributed by atoms with Crippen LogP contribution in [0, 0.1) is 13.8 Å². The van der Waals surface area contributed by atoms with Crippen molar-refractivity contribution in [2.75, 3.05) is 0 Å². The van der Waals surface area contributed by atoms with E-state index in [-0.39, 0.29) is 30.7 Å². The largest absolute Gasteiger partial charge is 0.390 e. The summed E-state index contributed by atoms with van der Waals surface area (Å²) in [7, 11) is 0. The molecule has 2 aromatic heterocycles. The minimum atomic E-state index is -0.278. The van der Waals surface area contributed by atoms with Crippen molar-refractivity contribution in [3.8, 4) is 0 Å². The molecule has 0 aliphatic carbocycles. The number of pyridine rings is 1. The lowest BCUT2D eigenvalue weighted by Gasteiger charge is -2.28. The van der Waals surface area contributed by atoms with Crippen LogP contribution in [0.1, 0.15) is 46.6 Å². The molecule has 1 amide bonds. The number of nitrogens with zero attached hydrogens (tertiary/aromatic N) is 1. The molecule has 0 radical (unpaired) electrons. The summed E-state index contributed by atoms with van der Waals surface area (Å²) in [4.78, 5) is 33.6. The first-order valence-electron chi connectivity index (χ1n) is 9.13. The average Bonchev–Trinajstić information content (AvgIpc) is 3.00. The molecule has 0 fully saturated rings. The van der Waals surface area contributed by atoms with Gasteiger partial charge in [-0.3, -0.25) is 9.59 Å². The van der Waals surface area contributed by atoms with E-state index in [9.17, 15) is 14.7 Å². The highest BCUT2D eigenvalue weighted by atomic mass is 79.9. The van der Waals surface area contributed by atoms with Crippen LogP contribution in [-0.2, 0) is 13.2 Å². The molecule has 0 spiro atoms. The molecule has 28 heavy (non-hydrogen) atoms. The van der Waals surface area contributed by atoms with Crippen LogP contribution in [0.25, 0.3) is 10.9 Å². The number of aliphatic hydroxyl groups is 1. The first kappa shape index (κ1) is 20.4. The Morgan fingerprint density at radius 3 is 2.54 bits per heavy atom. The van der Waals surface area contributed by atoms with Crippen molar-refractivity contribution in [1.29, 1.82) is 0 Å². The van der Waals surface area contributed by atoms with Gasteiger partial charge in [0.2, 0.25) is 0 Å². The average molecular weight is 446 g/mol. The zero-order valence-corrected chi connectivity index (χ0v) is 18.0. The second-order valence-corrected chi connectivity index (χ2v) is 8.23. The van der Waals surface area contributed by atoms with Gasteiger partial charge in [0.25, 0.3) is 11.5 Å². The van der Waals surface area contributed by atoms with E-state index in [2.05, 4.69) is 25.9 Å². The van der Waals surface area contributed by atoms with E-state index in [1.165, 1.54) is 0 Å². The maximum atomic E-state index is 13.5. The van der Waals surface area contributed by atoms with Gasteiger partial charge in [0.1, 0.15) is 0 Å². The van der Waals surface area contributed by atoms with E-state index < -0.39 is 0 Å². The molecule has 2 heterocycles. The number of rotatable bonds is 5. The minimum Gasteiger partial charge on any atom is -0.390 e. The summed E-state index contributed by atoms with van der Waals surface area (Å²) in [6.45, 7) is 7.62. The Kier molecular flexibility index (Phi) is 5.76. The van der Waals surface area contributed by atoms with Gasteiger partial charge in [0.05, 0.1) is 18.7 Å². The number of aromatic nitrogens is 2. The molecule has 148 valence electrons. The molecule has 0 saturated carbocycles. The Morgan fingerprint density at radius 1 is 1.21 bits per heavy atom. The number of hydrogen-bond donors (Lipinski definition) is 3. The lowest BCUT2D eigenvalue weighted by atomic mass is 10.0. The molecule has 0 saturated heterocycles. The number of amides is 1. The highest BCUT2D eigenvalue weighted by molar-refractivity contribution is 9.10. The van der Waals surface area contributed by atoms with Gasteiger partial charge in [-0.15, -0.1) is 0 Å². The molecule has 7 heteroatoms. The monoisotopic (exact) mass is 445 g/mol. The standard InChI is InChI=1S/C21H24BrN3O3/c1-11(2)25(9-17-12(3)5-15(10-26)24-20(17)27)21(28)16-6-14(22)7-18-19(16)13(4)8-23-18/h5-8,11,23,26H,9-10H2,1-4H3,(H,24,27). The Balaban J connectivity index is 2.06. The third kappa shape index (κ3) is 3.77. The second-order valence-electron chi connectivity index (χ2n) is 7.32. The summed E-state index contributed by atoms with van der Waals surface area (Å²) in [6.07, 6.45) is 1.88. The molecule has 0 aliphatic heterocycles. The Morgan fingerprint density at radius 2 is 1.93 bits per heavy atom. The maximum absolute atomic E-state index is 13.5. The number of aromatic amines is 2. The van der Waals surface area contributed by atoms with E-state index in [1.54, 1.807) is 11.0 Å². The van der Waals surface area contributed by atoms with Crippen molar-refractivity contribution >= 4 is 32.7 Å². The van der Waals surface area contributed by atoms with Gasteiger partial charge < -0.3 is 20.0 Å². The Bertz CT molecular complexity index is 1100. The Hall–Kier alpha value is -2.38. The number of nitrogens with one attached hydrogen (secondary N) is 2. The molecule has 0 unspecified atom stereocenters. The lowest BCUT2D eigenvalue weighted by molar-refractivity contribution is 0.0691. The zero-order chi connectivity index (χ0) is 20.6. The predicted octanol–water partition coefficient (Wildman–Crippen LogP) is 3.78. The molecular formula is C21H24BrN3O3. The van der Waals surface area contributed by atoms with Gasteiger partial charge >= 0.3 is 0 Å². The maximum Gasteiger partial charge on any atom is 0.255 e. The van der Waals surface area contributed by atoms with Crippen LogP contribution in [0.5, 0.6) is 0 Å². The summed E-state index contributed by atoms with van der Waals surface area (Å²) in [5.74, 6) is -0.131. The van der Waals surface area contributed by atoms with Crippen LogP contribution in [-0.4, -0.2) is 31.9 Å². The number of carbonyl (C=O) groups excluding carboxylic acids is 1. The zero-order valence-electron chi connectivity index (χ0n) is 16.4. The topological polar surface area (TPSA) is 89.2 Å². The minimum absolute atomic E-state index is 0.0999. The summed E-state index contributed by atoms with van der Waals surface area (Å²) in [5, 5.41) is 10.2. The van der Waals surface area contributed by atoms with Crippen molar-refractivity contribution in [1.82, 2.24) is 14.9 Å². The van der Waals surface area contributed by atoms with Crippen LogP contribution in [0.2, 0.25) is 0 Å². The highest BCUT2D eigenvalue weighted by Gasteiger charge is 2.24. The quantitative estimate of drug-likeness (QED) is 0.558. The van der Waals surface area contributed by atoms with Gasteiger partial charge in [-0.2, -0.15) is 0 Å². The van der Waals surface area contributed by atoms with Crippen LogP contribution in [0.3, 0.4) is 0 Å². The van der Waals surface area contributed by atoms with Crippen LogP contribution < -0.4 is 5.56 Å². The number of halogens is 1. The fraction of sp³-hybridized carbons (Fsp3) is 0.333. The number of aryl methyl sites for hydroxylation is 2. The van der Waals surface area contributed by atoms with Crippen molar-refractivity contribution in [3.05, 3.63) is 67.2 Å². The van der Waals surface area contributed by atoms with Crippen LogP contribution in [0.15, 0.2) is 33.7 Å². The molecule has 1 aromatic carbocycles. The fourth-order valence-electron chi connectivity index (χ4n) is 3.45. The van der Waals surface area contributed by atoms with E-state index in [4.69, 9.17) is 0 Å². The number of H-pyrrole nitrogens is 2. The van der Waals surface area contributed by atoms with E-state index in [0.717, 1.165) is 26.5 Å². The van der Waals surface area contributed by atoms with Gasteiger partial charge in [0.15, 0.2) is 0 Å². The number of carbonyl (C=O) groups is 1. The highest BCUT2D eigenvalue weighted by Crippen LogP contribution is 2.28. The number of benzene rings is 1. The number of hydrogen-bond acceptors (Lipinski definition) is 3. The van der Waals surface area contributed by atoms with E-state index in [0.29, 0.717) is 16.8 Å². The number of fused-ring (bicyclic) bond motifs is 1. The van der Waals surface area contributed by atoms with Crippen molar-refractivity contribution in [3.63, 3.8) is 0 Å². The van der Waals surface area contributed by atoms with Crippen molar-refractivity contribution < 1.29 is 9.90 Å². The Labute approximate surface area is 171 Å². The smallest absolute Gasteiger partial charge is 0.255 e. The van der Waals surface area contributed by atoms with Crippen molar-refractivity contribution in [2.24, 2.45) is 0 Å². The van der Waals surface area contributed by atoms with E-state index in [1.807, 2.05) is 46.0 Å². The summed E-state index contributed by atoms with van der Waals surface area (Å²) < 4.78 is 0.815. The van der Waals surface area contributed by atoms with Crippen molar-refractivity contribution in [2.45, 2.75) is 46.9 Å². The summed E-state index contributed by atoms with van der Waals surface area (Å²) in [5.41, 5.74) is 3.94. The van der Waals surface area contributed by atoms with Gasteiger partial charge in [-0.25, -0.2) is 0 Å². The summed E-state index contributed by atoms with van der Waals surface area (Å²) in [6, 6.07) is 5.42. The third-order valence-electron chi connectivity index (χ3n) is 4.97. The molecular weight excluding hydrogens is 422 g/mol. The van der Waals surface area contributed by atoms with Gasteiger partial charge in [0, 0.05) is 38.9 Å². The lowest BCUT2D eigenvalue weighted by Crippen LogP contribution is -2.38. The predicted molar refractivity (Wildman–Crippen MR) is 113 cm³/mol. The van der Waals surface area contributed by atoms with Crippen LogP contribution >= 0.6 is 15.9 Å². The molecule has 3 N–H and O–H groups in total. The van der Waals surface area contributed by atoms with Gasteiger partial charge in [-0.1, -0.05) is 15.9 Å². The number of aliphatic hydroxyl groups excluding tert-OH is 1. The fourth-order valence-corrected chi connectivity index (χ4v) is 3.91. The van der Waals surface area contributed by atoms with Crippen LogP contribution in [0.4, 0.5) is 0 Å². The molecule has 0 atom stereocenters.